The van der Waals surface area contributed by atoms with E-state index in [0.717, 1.165) is 31.9 Å². The fraction of sp³-hybridized carbons (Fsp3) is 0.583. The highest BCUT2D eigenvalue weighted by molar-refractivity contribution is 6.32. The number of piperazine rings is 1. The van der Waals surface area contributed by atoms with Crippen LogP contribution in [0.5, 0.6) is 0 Å². The van der Waals surface area contributed by atoms with E-state index in [4.69, 9.17) is 11.6 Å². The lowest BCUT2D eigenvalue weighted by atomic mass is 10.1. The molecule has 0 bridgehead atoms. The number of rotatable bonds is 2. The number of nitrogens with zero attached hydrogens (tertiary/aromatic N) is 4. The molecular weight excluding hydrogens is 266 g/mol. The van der Waals surface area contributed by atoms with Crippen LogP contribution in [-0.4, -0.2) is 53.5 Å². The second kappa shape index (κ2) is 4.85. The Hall–Kier alpha value is -1.56. The smallest absolute Gasteiger partial charge is 0.224 e. The summed E-state index contributed by atoms with van der Waals surface area (Å²) in [6, 6.07) is 0.297. The maximum Gasteiger partial charge on any atom is 0.224 e. The second-order valence-electron chi connectivity index (χ2n) is 4.84. The number of carbonyl (C=O) groups is 1. The molecule has 1 atom stereocenters. The van der Waals surface area contributed by atoms with Crippen LogP contribution in [0, 0.1) is 0 Å². The van der Waals surface area contributed by atoms with Crippen molar-refractivity contribution in [1.82, 2.24) is 14.9 Å². The maximum atomic E-state index is 11.7. The first kappa shape index (κ1) is 12.5. The number of hydrogen-bond donors (Lipinski definition) is 1. The van der Waals surface area contributed by atoms with E-state index in [-0.39, 0.29) is 5.91 Å². The number of carbonyl (C=O) groups excluding carboxylic acids is 1. The molecule has 0 radical (unpaired) electrons. The third-order valence-electron chi connectivity index (χ3n) is 3.74. The van der Waals surface area contributed by atoms with Crippen LogP contribution in [0.4, 0.5) is 11.8 Å². The molecule has 0 saturated carbocycles. The van der Waals surface area contributed by atoms with E-state index in [2.05, 4.69) is 20.2 Å². The molecule has 0 aromatic carbocycles. The minimum atomic E-state index is 0.273. The first-order chi connectivity index (χ1) is 9.19. The summed E-state index contributed by atoms with van der Waals surface area (Å²) < 4.78 is 0. The molecule has 3 rings (SSSR count). The molecule has 1 aromatic rings. The largest absolute Gasteiger partial charge is 0.357 e. The van der Waals surface area contributed by atoms with Gasteiger partial charge in [-0.25, -0.2) is 4.98 Å². The van der Waals surface area contributed by atoms with Gasteiger partial charge in [-0.1, -0.05) is 11.6 Å². The molecule has 0 aliphatic carbocycles. The Labute approximate surface area is 116 Å². The summed E-state index contributed by atoms with van der Waals surface area (Å²) in [5.74, 6) is 1.58. The summed E-state index contributed by atoms with van der Waals surface area (Å²) in [7, 11) is 1.78. The Morgan fingerprint density at radius 3 is 3.11 bits per heavy atom. The molecule has 7 heteroatoms. The van der Waals surface area contributed by atoms with Crippen LogP contribution >= 0.6 is 11.6 Å². The van der Waals surface area contributed by atoms with Crippen molar-refractivity contribution < 1.29 is 4.79 Å². The Morgan fingerprint density at radius 1 is 1.47 bits per heavy atom. The predicted octanol–water partition coefficient (Wildman–Crippen LogP) is 0.983. The Kier molecular flexibility index (Phi) is 3.18. The van der Waals surface area contributed by atoms with Gasteiger partial charge in [0.15, 0.2) is 5.82 Å². The molecule has 3 heterocycles. The van der Waals surface area contributed by atoms with Gasteiger partial charge in [-0.05, 0) is 6.42 Å². The Balaban J connectivity index is 1.82. The molecule has 19 heavy (non-hydrogen) atoms. The predicted molar refractivity (Wildman–Crippen MR) is 73.5 cm³/mol. The number of nitrogens with one attached hydrogen (secondary N) is 1. The van der Waals surface area contributed by atoms with Gasteiger partial charge in [-0.2, -0.15) is 4.98 Å². The van der Waals surface area contributed by atoms with Crippen molar-refractivity contribution in [1.29, 1.82) is 0 Å². The zero-order valence-electron chi connectivity index (χ0n) is 10.8. The van der Waals surface area contributed by atoms with Crippen molar-refractivity contribution in [3.8, 4) is 0 Å². The van der Waals surface area contributed by atoms with Gasteiger partial charge in [0, 0.05) is 39.1 Å². The van der Waals surface area contributed by atoms with E-state index in [1.807, 2.05) is 4.90 Å². The minimum Gasteiger partial charge on any atom is -0.357 e. The SMILES string of the molecule is CNc1ncc(Cl)c(N2CCN3C(=O)CCC3C2)n1. The molecular formula is C12H16ClN5O. The summed E-state index contributed by atoms with van der Waals surface area (Å²) in [4.78, 5) is 24.3. The zero-order chi connectivity index (χ0) is 13.4. The third-order valence-corrected chi connectivity index (χ3v) is 4.01. The minimum absolute atomic E-state index is 0.273. The molecule has 102 valence electrons. The standard InChI is InChI=1S/C12H16ClN5O/c1-14-12-15-6-9(13)11(16-12)17-4-5-18-8(7-17)2-3-10(18)19/h6,8H,2-5,7H2,1H3,(H,14,15,16). The monoisotopic (exact) mass is 281 g/mol. The highest BCUT2D eigenvalue weighted by Crippen LogP contribution is 2.29. The van der Waals surface area contributed by atoms with Crippen molar-refractivity contribution in [2.45, 2.75) is 18.9 Å². The second-order valence-corrected chi connectivity index (χ2v) is 5.25. The van der Waals surface area contributed by atoms with E-state index in [1.54, 1.807) is 13.2 Å². The van der Waals surface area contributed by atoms with Crippen molar-refractivity contribution in [3.05, 3.63) is 11.2 Å². The van der Waals surface area contributed by atoms with Crippen LogP contribution in [0.2, 0.25) is 5.02 Å². The topological polar surface area (TPSA) is 61.4 Å². The summed E-state index contributed by atoms with van der Waals surface area (Å²) in [5.41, 5.74) is 0. The van der Waals surface area contributed by atoms with E-state index in [1.165, 1.54) is 0 Å². The van der Waals surface area contributed by atoms with Gasteiger partial charge in [-0.3, -0.25) is 4.79 Å². The van der Waals surface area contributed by atoms with Crippen LogP contribution in [-0.2, 0) is 4.79 Å². The van der Waals surface area contributed by atoms with Gasteiger partial charge < -0.3 is 15.1 Å². The van der Waals surface area contributed by atoms with E-state index < -0.39 is 0 Å². The van der Waals surface area contributed by atoms with Crippen molar-refractivity contribution in [3.63, 3.8) is 0 Å². The van der Waals surface area contributed by atoms with E-state index >= 15 is 0 Å². The fourth-order valence-corrected chi connectivity index (χ4v) is 2.97. The highest BCUT2D eigenvalue weighted by Gasteiger charge is 2.36. The molecule has 1 amide bonds. The van der Waals surface area contributed by atoms with Gasteiger partial charge in [0.2, 0.25) is 11.9 Å². The van der Waals surface area contributed by atoms with Crippen molar-refractivity contribution in [2.24, 2.45) is 0 Å². The Bertz CT molecular complexity index is 509. The molecule has 2 aliphatic rings. The van der Waals surface area contributed by atoms with E-state index in [9.17, 15) is 4.79 Å². The number of aromatic nitrogens is 2. The van der Waals surface area contributed by atoms with Crippen molar-refractivity contribution >= 4 is 29.3 Å². The first-order valence-electron chi connectivity index (χ1n) is 6.43. The average Bonchev–Trinajstić information content (AvgIpc) is 2.80. The number of hydrogen-bond acceptors (Lipinski definition) is 5. The van der Waals surface area contributed by atoms with Gasteiger partial charge >= 0.3 is 0 Å². The van der Waals surface area contributed by atoms with Gasteiger partial charge in [-0.15, -0.1) is 0 Å². The lowest BCUT2D eigenvalue weighted by Gasteiger charge is -2.38. The quantitative estimate of drug-likeness (QED) is 0.876. The number of halogens is 1. The normalized spacial score (nSPS) is 22.6. The van der Waals surface area contributed by atoms with Crippen LogP contribution < -0.4 is 10.2 Å². The Morgan fingerprint density at radius 2 is 2.32 bits per heavy atom. The first-order valence-corrected chi connectivity index (χ1v) is 6.81. The molecule has 2 saturated heterocycles. The molecule has 2 fully saturated rings. The molecule has 1 N–H and O–H groups in total. The van der Waals surface area contributed by atoms with Gasteiger partial charge in [0.25, 0.3) is 0 Å². The highest BCUT2D eigenvalue weighted by atomic mass is 35.5. The summed E-state index contributed by atoms with van der Waals surface area (Å²) in [6.45, 7) is 2.31. The fourth-order valence-electron chi connectivity index (χ4n) is 2.76. The molecule has 6 nitrogen and oxygen atoms in total. The molecule has 1 aromatic heterocycles. The summed E-state index contributed by atoms with van der Waals surface area (Å²) >= 11 is 6.18. The lowest BCUT2D eigenvalue weighted by Crippen LogP contribution is -2.51. The van der Waals surface area contributed by atoms with Crippen molar-refractivity contribution in [2.75, 3.05) is 36.9 Å². The number of amides is 1. The summed E-state index contributed by atoms with van der Waals surface area (Å²) in [5, 5.41) is 3.47. The van der Waals surface area contributed by atoms with Gasteiger partial charge in [0.05, 0.1) is 6.20 Å². The van der Waals surface area contributed by atoms with Crippen LogP contribution in [0.1, 0.15) is 12.8 Å². The molecule has 1 unspecified atom stereocenters. The van der Waals surface area contributed by atoms with Gasteiger partial charge in [0.1, 0.15) is 5.02 Å². The van der Waals surface area contributed by atoms with Crippen LogP contribution in [0.3, 0.4) is 0 Å². The van der Waals surface area contributed by atoms with E-state index in [0.29, 0.717) is 23.4 Å². The third kappa shape index (κ3) is 2.20. The number of fused-ring (bicyclic) bond motifs is 1. The van der Waals surface area contributed by atoms with Crippen LogP contribution in [0.15, 0.2) is 6.20 Å². The zero-order valence-corrected chi connectivity index (χ0v) is 11.5. The molecule has 0 spiro atoms. The summed E-state index contributed by atoms with van der Waals surface area (Å²) in [6.07, 6.45) is 3.20. The number of anilines is 2. The average molecular weight is 282 g/mol. The maximum absolute atomic E-state index is 11.7. The molecule has 2 aliphatic heterocycles. The lowest BCUT2D eigenvalue weighted by molar-refractivity contribution is -0.129. The van der Waals surface area contributed by atoms with Crippen LogP contribution in [0.25, 0.3) is 0 Å².